The molecule has 116 valence electrons. The third-order valence-corrected chi connectivity index (χ3v) is 4.21. The minimum absolute atomic E-state index is 0.303. The van der Waals surface area contributed by atoms with Crippen LogP contribution in [0, 0.1) is 0 Å². The van der Waals surface area contributed by atoms with Crippen LogP contribution in [0.4, 0.5) is 0 Å². The molecule has 2 atom stereocenters. The minimum Gasteiger partial charge on any atom is -0.379 e. The van der Waals surface area contributed by atoms with Crippen LogP contribution in [0.3, 0.4) is 0 Å². The standard InChI is InChI=1S/C17H26N2O2/c1(2-14-7-9-18-10-8-14)11-20-13-17-6-5-16(21-17)12-19-15-3-4-15/h7-10,15-17,19H,1-6,11-13H2. The predicted octanol–water partition coefficient (Wildman–Crippen LogP) is 2.33. The van der Waals surface area contributed by atoms with Gasteiger partial charge in [0, 0.05) is 31.6 Å². The van der Waals surface area contributed by atoms with Gasteiger partial charge in [-0.05, 0) is 56.2 Å². The lowest BCUT2D eigenvalue weighted by molar-refractivity contribution is -0.0147. The monoisotopic (exact) mass is 290 g/mol. The fourth-order valence-corrected chi connectivity index (χ4v) is 2.78. The highest BCUT2D eigenvalue weighted by Crippen LogP contribution is 2.22. The summed E-state index contributed by atoms with van der Waals surface area (Å²) in [6, 6.07) is 4.91. The third kappa shape index (κ3) is 5.38. The van der Waals surface area contributed by atoms with Gasteiger partial charge in [0.25, 0.3) is 0 Å². The Morgan fingerprint density at radius 1 is 1.14 bits per heavy atom. The first-order chi connectivity index (χ1) is 10.4. The second-order valence-electron chi connectivity index (χ2n) is 6.17. The summed E-state index contributed by atoms with van der Waals surface area (Å²) in [4.78, 5) is 4.03. The molecule has 2 fully saturated rings. The average molecular weight is 290 g/mol. The van der Waals surface area contributed by atoms with Gasteiger partial charge in [-0.25, -0.2) is 0 Å². The van der Waals surface area contributed by atoms with Gasteiger partial charge in [-0.2, -0.15) is 0 Å². The molecule has 4 heteroatoms. The molecule has 2 aliphatic rings. The molecule has 1 aliphatic carbocycles. The first kappa shape index (κ1) is 14.9. The van der Waals surface area contributed by atoms with Gasteiger partial charge in [-0.15, -0.1) is 0 Å². The lowest BCUT2D eigenvalue weighted by Crippen LogP contribution is -2.29. The molecule has 3 rings (SSSR count). The van der Waals surface area contributed by atoms with Gasteiger partial charge in [0.2, 0.25) is 0 Å². The maximum atomic E-state index is 6.01. The van der Waals surface area contributed by atoms with E-state index in [-0.39, 0.29) is 0 Å². The predicted molar refractivity (Wildman–Crippen MR) is 82.3 cm³/mol. The van der Waals surface area contributed by atoms with Crippen LogP contribution in [0.2, 0.25) is 0 Å². The second-order valence-corrected chi connectivity index (χ2v) is 6.17. The van der Waals surface area contributed by atoms with Crippen molar-refractivity contribution in [3.63, 3.8) is 0 Å². The Labute approximate surface area is 127 Å². The smallest absolute Gasteiger partial charge is 0.0813 e. The Morgan fingerprint density at radius 2 is 1.95 bits per heavy atom. The number of aromatic nitrogens is 1. The number of nitrogens with one attached hydrogen (secondary N) is 1. The van der Waals surface area contributed by atoms with Crippen molar-refractivity contribution in [3.8, 4) is 0 Å². The molecule has 4 nitrogen and oxygen atoms in total. The van der Waals surface area contributed by atoms with Crippen molar-refractivity contribution in [2.24, 2.45) is 0 Å². The summed E-state index contributed by atoms with van der Waals surface area (Å²) < 4.78 is 11.8. The summed E-state index contributed by atoms with van der Waals surface area (Å²) >= 11 is 0. The molecule has 2 unspecified atom stereocenters. The van der Waals surface area contributed by atoms with Crippen LogP contribution >= 0.6 is 0 Å². The van der Waals surface area contributed by atoms with Gasteiger partial charge >= 0.3 is 0 Å². The fourth-order valence-electron chi connectivity index (χ4n) is 2.78. The zero-order chi connectivity index (χ0) is 14.3. The summed E-state index contributed by atoms with van der Waals surface area (Å²) in [6.07, 6.45) is 11.5. The number of ether oxygens (including phenoxy) is 2. The van der Waals surface area contributed by atoms with Crippen molar-refractivity contribution in [1.29, 1.82) is 0 Å². The first-order valence-electron chi connectivity index (χ1n) is 8.25. The molecule has 1 aromatic rings. The summed E-state index contributed by atoms with van der Waals surface area (Å²) in [5, 5.41) is 3.54. The Hall–Kier alpha value is -0.970. The molecule has 0 radical (unpaired) electrons. The van der Waals surface area contributed by atoms with Crippen LogP contribution in [0.25, 0.3) is 0 Å². The van der Waals surface area contributed by atoms with Crippen molar-refractivity contribution in [2.75, 3.05) is 19.8 Å². The number of hydrogen-bond acceptors (Lipinski definition) is 4. The van der Waals surface area contributed by atoms with E-state index in [4.69, 9.17) is 9.47 Å². The van der Waals surface area contributed by atoms with Crippen LogP contribution in [0.1, 0.15) is 37.7 Å². The summed E-state index contributed by atoms with van der Waals surface area (Å²) in [5.41, 5.74) is 1.33. The molecule has 1 saturated carbocycles. The highest BCUT2D eigenvalue weighted by molar-refractivity contribution is 5.09. The maximum Gasteiger partial charge on any atom is 0.0813 e. The topological polar surface area (TPSA) is 43.4 Å². The molecule has 0 spiro atoms. The zero-order valence-corrected chi connectivity index (χ0v) is 12.7. The fraction of sp³-hybridized carbons (Fsp3) is 0.706. The Balaban J connectivity index is 1.21. The summed E-state index contributed by atoms with van der Waals surface area (Å²) in [5.74, 6) is 0. The molecule has 0 bridgehead atoms. The van der Waals surface area contributed by atoms with Gasteiger partial charge < -0.3 is 14.8 Å². The highest BCUT2D eigenvalue weighted by Gasteiger charge is 2.27. The Morgan fingerprint density at radius 3 is 2.76 bits per heavy atom. The van der Waals surface area contributed by atoms with Crippen molar-refractivity contribution in [1.82, 2.24) is 10.3 Å². The molecule has 0 amide bonds. The molecular weight excluding hydrogens is 264 g/mol. The van der Waals surface area contributed by atoms with E-state index < -0.39 is 0 Å². The largest absolute Gasteiger partial charge is 0.379 e. The molecule has 1 saturated heterocycles. The summed E-state index contributed by atoms with van der Waals surface area (Å²) in [7, 11) is 0. The number of nitrogens with zero attached hydrogens (tertiary/aromatic N) is 1. The number of aryl methyl sites for hydroxylation is 1. The SMILES string of the molecule is c1cc(CCCOCC2CCC(CNC3CC3)O2)ccn1. The van der Waals surface area contributed by atoms with Crippen molar-refractivity contribution in [2.45, 2.75) is 56.8 Å². The van der Waals surface area contributed by atoms with E-state index in [0.29, 0.717) is 12.2 Å². The number of pyridine rings is 1. The van der Waals surface area contributed by atoms with Gasteiger partial charge in [0.1, 0.15) is 0 Å². The maximum absolute atomic E-state index is 6.01. The lowest BCUT2D eigenvalue weighted by Gasteiger charge is -2.14. The van der Waals surface area contributed by atoms with Crippen LogP contribution in [0.15, 0.2) is 24.5 Å². The van der Waals surface area contributed by atoms with Gasteiger partial charge in [-0.3, -0.25) is 4.98 Å². The zero-order valence-electron chi connectivity index (χ0n) is 12.7. The molecule has 1 aromatic heterocycles. The quantitative estimate of drug-likeness (QED) is 0.709. The van der Waals surface area contributed by atoms with E-state index in [1.165, 1.54) is 24.8 Å². The molecular formula is C17H26N2O2. The van der Waals surface area contributed by atoms with E-state index in [1.807, 2.05) is 12.4 Å². The van der Waals surface area contributed by atoms with E-state index >= 15 is 0 Å². The van der Waals surface area contributed by atoms with Crippen LogP contribution < -0.4 is 5.32 Å². The van der Waals surface area contributed by atoms with Gasteiger partial charge in [0.05, 0.1) is 18.8 Å². The van der Waals surface area contributed by atoms with E-state index in [2.05, 4.69) is 22.4 Å². The van der Waals surface area contributed by atoms with E-state index in [0.717, 1.165) is 45.1 Å². The average Bonchev–Trinajstić information content (AvgIpc) is 3.25. The lowest BCUT2D eigenvalue weighted by atomic mass is 10.1. The van der Waals surface area contributed by atoms with E-state index in [1.54, 1.807) is 0 Å². The van der Waals surface area contributed by atoms with Crippen LogP contribution in [-0.2, 0) is 15.9 Å². The minimum atomic E-state index is 0.303. The van der Waals surface area contributed by atoms with Gasteiger partial charge in [0.15, 0.2) is 0 Å². The summed E-state index contributed by atoms with van der Waals surface area (Å²) in [6.45, 7) is 2.58. The second kappa shape index (κ2) is 7.87. The normalized spacial score (nSPS) is 25.3. The number of hydrogen-bond donors (Lipinski definition) is 1. The van der Waals surface area contributed by atoms with Crippen LogP contribution in [-0.4, -0.2) is 43.0 Å². The molecule has 1 aliphatic heterocycles. The Bertz CT molecular complexity index is 409. The molecule has 21 heavy (non-hydrogen) atoms. The molecule has 2 heterocycles. The van der Waals surface area contributed by atoms with Crippen molar-refractivity contribution < 1.29 is 9.47 Å². The van der Waals surface area contributed by atoms with Crippen molar-refractivity contribution >= 4 is 0 Å². The Kier molecular flexibility index (Phi) is 5.60. The van der Waals surface area contributed by atoms with Crippen LogP contribution in [0.5, 0.6) is 0 Å². The van der Waals surface area contributed by atoms with Crippen molar-refractivity contribution in [3.05, 3.63) is 30.1 Å². The van der Waals surface area contributed by atoms with Gasteiger partial charge in [-0.1, -0.05) is 0 Å². The third-order valence-electron chi connectivity index (χ3n) is 4.21. The molecule has 1 N–H and O–H groups in total. The first-order valence-corrected chi connectivity index (χ1v) is 8.25. The van der Waals surface area contributed by atoms with E-state index in [9.17, 15) is 0 Å². The molecule has 0 aromatic carbocycles. The highest BCUT2D eigenvalue weighted by atomic mass is 16.5. The number of rotatable bonds is 9.